The van der Waals surface area contributed by atoms with Crippen molar-refractivity contribution in [2.45, 2.75) is 26.4 Å². The number of nitrogens with one attached hydrogen (secondary N) is 1. The van der Waals surface area contributed by atoms with Gasteiger partial charge in [-0.05, 0) is 12.5 Å². The molecule has 0 saturated carbocycles. The summed E-state index contributed by atoms with van der Waals surface area (Å²) >= 11 is 1.61. The first-order valence-electron chi connectivity index (χ1n) is 5.04. The van der Waals surface area contributed by atoms with E-state index in [1.54, 1.807) is 17.5 Å². The first-order valence-corrected chi connectivity index (χ1v) is 5.92. The summed E-state index contributed by atoms with van der Waals surface area (Å²) in [7, 11) is 0. The lowest BCUT2D eigenvalue weighted by Crippen LogP contribution is -2.08. The average molecular weight is 222 g/mol. The fourth-order valence-corrected chi connectivity index (χ4v) is 1.93. The number of rotatable bonds is 5. The summed E-state index contributed by atoms with van der Waals surface area (Å²) in [6, 6.07) is 2.04. The Morgan fingerprint density at radius 2 is 2.40 bits per heavy atom. The van der Waals surface area contributed by atoms with Gasteiger partial charge >= 0.3 is 0 Å². The number of anilines is 1. The molecule has 0 atom stereocenters. The third kappa shape index (κ3) is 2.56. The zero-order valence-corrected chi connectivity index (χ0v) is 9.50. The Bertz CT molecular complexity index is 393. The lowest BCUT2D eigenvalue weighted by atomic mass is 10.4. The molecule has 15 heavy (non-hydrogen) atoms. The van der Waals surface area contributed by atoms with E-state index in [1.165, 1.54) is 5.69 Å². The van der Waals surface area contributed by atoms with Crippen LogP contribution in [0.1, 0.15) is 19.0 Å². The third-order valence-electron chi connectivity index (χ3n) is 2.09. The van der Waals surface area contributed by atoms with Crippen molar-refractivity contribution in [2.75, 3.05) is 5.32 Å². The Morgan fingerprint density at radius 3 is 3.13 bits per heavy atom. The smallest absolute Gasteiger partial charge is 0.182 e. The lowest BCUT2D eigenvalue weighted by molar-refractivity contribution is 0.578. The molecule has 0 spiro atoms. The minimum Gasteiger partial charge on any atom is -0.356 e. The summed E-state index contributed by atoms with van der Waals surface area (Å²) in [6.45, 7) is 3.91. The number of aromatic nitrogens is 3. The fourth-order valence-electron chi connectivity index (χ4n) is 1.40. The van der Waals surface area contributed by atoms with Crippen molar-refractivity contribution in [2.24, 2.45) is 0 Å². The molecule has 0 saturated heterocycles. The molecule has 0 aliphatic carbocycles. The molecular weight excluding hydrogens is 208 g/mol. The van der Waals surface area contributed by atoms with E-state index in [9.17, 15) is 0 Å². The summed E-state index contributed by atoms with van der Waals surface area (Å²) in [5, 5.41) is 10.5. The van der Waals surface area contributed by atoms with Gasteiger partial charge in [0.1, 0.15) is 0 Å². The first-order chi connectivity index (χ1) is 7.40. The highest BCUT2D eigenvalue weighted by Gasteiger charge is 2.01. The standard InChI is InChI=1S/C10H14N4S/c1-2-6-14-9(3-4-13-14)8-12-10-11-5-7-15-10/h3-5,7H,2,6,8H2,1H3,(H,11,12). The van der Waals surface area contributed by atoms with E-state index in [1.807, 2.05) is 22.3 Å². The van der Waals surface area contributed by atoms with E-state index in [0.717, 1.165) is 24.6 Å². The van der Waals surface area contributed by atoms with Gasteiger partial charge < -0.3 is 5.32 Å². The topological polar surface area (TPSA) is 42.7 Å². The predicted molar refractivity (Wildman–Crippen MR) is 62.0 cm³/mol. The number of hydrogen-bond acceptors (Lipinski definition) is 4. The van der Waals surface area contributed by atoms with Crippen molar-refractivity contribution in [1.29, 1.82) is 0 Å². The Morgan fingerprint density at radius 1 is 1.47 bits per heavy atom. The predicted octanol–water partition coefficient (Wildman–Crippen LogP) is 2.36. The number of nitrogens with zero attached hydrogens (tertiary/aromatic N) is 3. The second-order valence-corrected chi connectivity index (χ2v) is 4.13. The minimum absolute atomic E-state index is 0.785. The van der Waals surface area contributed by atoms with Crippen molar-refractivity contribution in [3.05, 3.63) is 29.5 Å². The zero-order valence-electron chi connectivity index (χ0n) is 8.68. The molecule has 2 rings (SSSR count). The normalized spacial score (nSPS) is 10.5. The maximum atomic E-state index is 4.27. The Hall–Kier alpha value is -1.36. The van der Waals surface area contributed by atoms with Gasteiger partial charge in [-0.25, -0.2) is 4.98 Å². The van der Waals surface area contributed by atoms with Crippen molar-refractivity contribution in [3.8, 4) is 0 Å². The van der Waals surface area contributed by atoms with Crippen LogP contribution in [-0.2, 0) is 13.1 Å². The molecule has 2 aromatic heterocycles. The van der Waals surface area contributed by atoms with Gasteiger partial charge in [-0.15, -0.1) is 11.3 Å². The van der Waals surface area contributed by atoms with Gasteiger partial charge in [0.2, 0.25) is 0 Å². The maximum absolute atomic E-state index is 4.27. The Labute approximate surface area is 93.0 Å². The molecule has 4 nitrogen and oxygen atoms in total. The highest BCUT2D eigenvalue weighted by molar-refractivity contribution is 7.13. The molecular formula is C10H14N4S. The molecule has 1 N–H and O–H groups in total. The summed E-state index contributed by atoms with van der Waals surface area (Å²) < 4.78 is 2.03. The van der Waals surface area contributed by atoms with Gasteiger partial charge in [0.25, 0.3) is 0 Å². The molecule has 0 bridgehead atoms. The highest BCUT2D eigenvalue weighted by Crippen LogP contribution is 2.12. The molecule has 0 radical (unpaired) electrons. The van der Waals surface area contributed by atoms with Crippen LogP contribution in [0.15, 0.2) is 23.8 Å². The van der Waals surface area contributed by atoms with E-state index in [-0.39, 0.29) is 0 Å². The summed E-state index contributed by atoms with van der Waals surface area (Å²) in [4.78, 5) is 4.17. The molecule has 2 aromatic rings. The number of aryl methyl sites for hydroxylation is 1. The third-order valence-corrected chi connectivity index (χ3v) is 2.82. The second-order valence-electron chi connectivity index (χ2n) is 3.24. The van der Waals surface area contributed by atoms with Gasteiger partial charge in [0, 0.05) is 24.3 Å². The Balaban J connectivity index is 1.95. The first kappa shape index (κ1) is 10.2. The van der Waals surface area contributed by atoms with Crippen molar-refractivity contribution in [3.63, 3.8) is 0 Å². The van der Waals surface area contributed by atoms with Crippen LogP contribution in [0.2, 0.25) is 0 Å². The molecule has 80 valence electrons. The largest absolute Gasteiger partial charge is 0.356 e. The quantitative estimate of drug-likeness (QED) is 0.844. The zero-order chi connectivity index (χ0) is 10.5. The van der Waals surface area contributed by atoms with Gasteiger partial charge in [-0.2, -0.15) is 5.10 Å². The van der Waals surface area contributed by atoms with Crippen molar-refractivity contribution < 1.29 is 0 Å². The Kier molecular flexibility index (Phi) is 3.34. The van der Waals surface area contributed by atoms with Crippen molar-refractivity contribution >= 4 is 16.5 Å². The van der Waals surface area contributed by atoms with Crippen LogP contribution >= 0.6 is 11.3 Å². The number of hydrogen-bond donors (Lipinski definition) is 1. The summed E-state index contributed by atoms with van der Waals surface area (Å²) in [5.74, 6) is 0. The van der Waals surface area contributed by atoms with E-state index >= 15 is 0 Å². The molecule has 0 aromatic carbocycles. The van der Waals surface area contributed by atoms with Crippen LogP contribution in [0.25, 0.3) is 0 Å². The van der Waals surface area contributed by atoms with Crippen molar-refractivity contribution in [1.82, 2.24) is 14.8 Å². The van der Waals surface area contributed by atoms with E-state index in [2.05, 4.69) is 22.3 Å². The van der Waals surface area contributed by atoms with Crippen LogP contribution < -0.4 is 5.32 Å². The molecule has 0 aliphatic rings. The molecule has 0 aliphatic heterocycles. The van der Waals surface area contributed by atoms with Crippen LogP contribution in [0.5, 0.6) is 0 Å². The molecule has 5 heteroatoms. The van der Waals surface area contributed by atoms with E-state index < -0.39 is 0 Å². The molecule has 0 amide bonds. The van der Waals surface area contributed by atoms with Gasteiger partial charge in [-0.3, -0.25) is 4.68 Å². The van der Waals surface area contributed by atoms with E-state index in [4.69, 9.17) is 0 Å². The maximum Gasteiger partial charge on any atom is 0.182 e. The van der Waals surface area contributed by atoms with Crippen LogP contribution in [0.3, 0.4) is 0 Å². The summed E-state index contributed by atoms with van der Waals surface area (Å²) in [5.41, 5.74) is 1.20. The van der Waals surface area contributed by atoms with Gasteiger partial charge in [-0.1, -0.05) is 6.92 Å². The fraction of sp³-hybridized carbons (Fsp3) is 0.400. The molecule has 0 fully saturated rings. The lowest BCUT2D eigenvalue weighted by Gasteiger charge is -2.06. The summed E-state index contributed by atoms with van der Waals surface area (Å²) in [6.07, 6.45) is 4.75. The highest BCUT2D eigenvalue weighted by atomic mass is 32.1. The van der Waals surface area contributed by atoms with E-state index in [0.29, 0.717) is 0 Å². The molecule has 2 heterocycles. The monoisotopic (exact) mass is 222 g/mol. The van der Waals surface area contributed by atoms with Crippen LogP contribution in [0, 0.1) is 0 Å². The average Bonchev–Trinajstić information content (AvgIpc) is 2.85. The minimum atomic E-state index is 0.785. The van der Waals surface area contributed by atoms with Crippen LogP contribution in [0.4, 0.5) is 5.13 Å². The van der Waals surface area contributed by atoms with Gasteiger partial charge in [0.15, 0.2) is 5.13 Å². The van der Waals surface area contributed by atoms with Crippen LogP contribution in [-0.4, -0.2) is 14.8 Å². The second kappa shape index (κ2) is 4.93. The molecule has 0 unspecified atom stereocenters. The van der Waals surface area contributed by atoms with Gasteiger partial charge in [0.05, 0.1) is 12.2 Å². The SMILES string of the molecule is CCCn1nccc1CNc1nccs1. The number of thiazole rings is 1.